The summed E-state index contributed by atoms with van der Waals surface area (Å²) in [5, 5.41) is 3.04. The van der Waals surface area contributed by atoms with Crippen molar-refractivity contribution in [2.45, 2.75) is 13.3 Å². The Kier molecular flexibility index (Phi) is 4.26. The Labute approximate surface area is 88.0 Å². The molecule has 0 aliphatic rings. The predicted molar refractivity (Wildman–Crippen MR) is 56.9 cm³/mol. The average molecular weight is 214 g/mol. The fourth-order valence-corrected chi connectivity index (χ4v) is 1.27. The van der Waals surface area contributed by atoms with Crippen LogP contribution in [0.25, 0.3) is 0 Å². The normalized spacial score (nSPS) is 9.57. The van der Waals surface area contributed by atoms with Crippen molar-refractivity contribution in [3.63, 3.8) is 0 Å². The van der Waals surface area contributed by atoms with Gasteiger partial charge in [0.05, 0.1) is 17.3 Å². The van der Waals surface area contributed by atoms with Crippen molar-refractivity contribution >= 4 is 23.7 Å². The molecule has 0 heterocycles. The summed E-state index contributed by atoms with van der Waals surface area (Å²) in [5.74, 6) is 0.531. The molecule has 0 aromatic heterocycles. The van der Waals surface area contributed by atoms with Crippen molar-refractivity contribution in [2.24, 2.45) is 0 Å². The second-order valence-corrected chi connectivity index (χ2v) is 3.13. The van der Waals surface area contributed by atoms with Gasteiger partial charge < -0.3 is 10.1 Å². The van der Waals surface area contributed by atoms with Crippen LogP contribution in [0, 0.1) is 0 Å². The van der Waals surface area contributed by atoms with Crippen LogP contribution < -0.4 is 10.1 Å². The lowest BCUT2D eigenvalue weighted by molar-refractivity contribution is -0.105. The van der Waals surface area contributed by atoms with Gasteiger partial charge in [0.2, 0.25) is 6.41 Å². The Morgan fingerprint density at radius 3 is 3.00 bits per heavy atom. The lowest BCUT2D eigenvalue weighted by atomic mass is 10.3. The highest BCUT2D eigenvalue weighted by Crippen LogP contribution is 2.32. The molecule has 1 N–H and O–H groups in total. The van der Waals surface area contributed by atoms with Gasteiger partial charge in [0.1, 0.15) is 0 Å². The fraction of sp³-hybridized carbons (Fsp3) is 0.300. The van der Waals surface area contributed by atoms with Crippen molar-refractivity contribution in [1.82, 2.24) is 0 Å². The van der Waals surface area contributed by atoms with Gasteiger partial charge in [-0.25, -0.2) is 0 Å². The molecule has 4 heteroatoms. The van der Waals surface area contributed by atoms with Gasteiger partial charge >= 0.3 is 0 Å². The maximum absolute atomic E-state index is 10.3. The van der Waals surface area contributed by atoms with E-state index >= 15 is 0 Å². The van der Waals surface area contributed by atoms with Gasteiger partial charge in [0, 0.05) is 0 Å². The molecule has 14 heavy (non-hydrogen) atoms. The van der Waals surface area contributed by atoms with Crippen LogP contribution in [0.1, 0.15) is 13.3 Å². The molecule has 0 aliphatic carbocycles. The highest BCUT2D eigenvalue weighted by molar-refractivity contribution is 6.32. The zero-order chi connectivity index (χ0) is 10.4. The predicted octanol–water partition coefficient (Wildman–Crippen LogP) is 2.70. The summed E-state index contributed by atoms with van der Waals surface area (Å²) >= 11 is 5.92. The van der Waals surface area contributed by atoms with E-state index in [2.05, 4.69) is 5.32 Å². The summed E-state index contributed by atoms with van der Waals surface area (Å²) in [7, 11) is 0. The number of nitrogens with one attached hydrogen (secondary N) is 1. The molecule has 0 saturated carbocycles. The zero-order valence-electron chi connectivity index (χ0n) is 7.92. The first-order valence-corrected chi connectivity index (χ1v) is 4.79. The number of carbonyl (C=O) groups excluding carboxylic acids is 1. The molecule has 3 nitrogen and oxygen atoms in total. The van der Waals surface area contributed by atoms with E-state index in [9.17, 15) is 4.79 Å². The van der Waals surface area contributed by atoms with Gasteiger partial charge in [0.25, 0.3) is 0 Å². The number of carbonyl (C=O) groups is 1. The number of halogens is 1. The largest absolute Gasteiger partial charge is 0.490 e. The molecule has 76 valence electrons. The topological polar surface area (TPSA) is 38.3 Å². The Balaban J connectivity index is 2.89. The molecule has 0 fully saturated rings. The van der Waals surface area contributed by atoms with E-state index in [1.165, 1.54) is 0 Å². The molecule has 0 saturated heterocycles. The van der Waals surface area contributed by atoms with Crippen LogP contribution in [0.5, 0.6) is 5.75 Å². The maximum atomic E-state index is 10.3. The van der Waals surface area contributed by atoms with E-state index in [0.29, 0.717) is 29.5 Å². The number of amides is 1. The van der Waals surface area contributed by atoms with Gasteiger partial charge in [-0.2, -0.15) is 0 Å². The van der Waals surface area contributed by atoms with Gasteiger partial charge in [-0.05, 0) is 18.6 Å². The van der Waals surface area contributed by atoms with E-state index < -0.39 is 0 Å². The van der Waals surface area contributed by atoms with E-state index in [1.54, 1.807) is 18.2 Å². The van der Waals surface area contributed by atoms with E-state index in [0.717, 1.165) is 6.42 Å². The van der Waals surface area contributed by atoms with Gasteiger partial charge in [0.15, 0.2) is 5.75 Å². The number of ether oxygens (including phenoxy) is 1. The lowest BCUT2D eigenvalue weighted by Gasteiger charge is -2.10. The quantitative estimate of drug-likeness (QED) is 0.764. The smallest absolute Gasteiger partial charge is 0.211 e. The van der Waals surface area contributed by atoms with Crippen molar-refractivity contribution in [2.75, 3.05) is 11.9 Å². The minimum atomic E-state index is 0.505. The molecule has 1 aromatic rings. The molecule has 1 rings (SSSR count). The van der Waals surface area contributed by atoms with Crippen molar-refractivity contribution < 1.29 is 9.53 Å². The second kappa shape index (κ2) is 5.50. The standard InChI is InChI=1S/C10H12ClNO2/c1-2-6-14-10-8(11)4-3-5-9(10)12-7-13/h3-5,7H,2,6H2,1H3,(H,12,13). The van der Waals surface area contributed by atoms with E-state index in [4.69, 9.17) is 16.3 Å². The molecular weight excluding hydrogens is 202 g/mol. The van der Waals surface area contributed by atoms with Crippen LogP contribution in [0.3, 0.4) is 0 Å². The highest BCUT2D eigenvalue weighted by atomic mass is 35.5. The average Bonchev–Trinajstić information content (AvgIpc) is 2.18. The third kappa shape index (κ3) is 2.64. The zero-order valence-corrected chi connectivity index (χ0v) is 8.67. The van der Waals surface area contributed by atoms with Crippen molar-refractivity contribution in [1.29, 1.82) is 0 Å². The summed E-state index contributed by atoms with van der Waals surface area (Å²) in [6, 6.07) is 5.22. The summed E-state index contributed by atoms with van der Waals surface area (Å²) in [6.45, 7) is 2.58. The molecule has 0 spiro atoms. The molecule has 0 aliphatic heterocycles. The lowest BCUT2D eigenvalue weighted by Crippen LogP contribution is -2.01. The van der Waals surface area contributed by atoms with Gasteiger partial charge in [-0.1, -0.05) is 24.6 Å². The molecular formula is C10H12ClNO2. The monoisotopic (exact) mass is 213 g/mol. The molecule has 0 bridgehead atoms. The first-order chi connectivity index (χ1) is 6.79. The SMILES string of the molecule is CCCOc1c(Cl)cccc1NC=O. The molecule has 0 atom stereocenters. The maximum Gasteiger partial charge on any atom is 0.211 e. The van der Waals surface area contributed by atoms with Crippen LogP contribution in [-0.2, 0) is 4.79 Å². The molecule has 1 aromatic carbocycles. The van der Waals surface area contributed by atoms with Gasteiger partial charge in [-0.3, -0.25) is 4.79 Å². The highest BCUT2D eigenvalue weighted by Gasteiger charge is 2.06. The molecule has 0 unspecified atom stereocenters. The molecule has 1 amide bonds. The first-order valence-electron chi connectivity index (χ1n) is 4.41. The van der Waals surface area contributed by atoms with Crippen LogP contribution in [0.15, 0.2) is 18.2 Å². The first kappa shape index (κ1) is 10.9. The Hall–Kier alpha value is -1.22. The summed E-state index contributed by atoms with van der Waals surface area (Å²) in [5.41, 5.74) is 0.598. The number of hydrogen-bond acceptors (Lipinski definition) is 2. The van der Waals surface area contributed by atoms with E-state index in [1.807, 2.05) is 6.92 Å². The van der Waals surface area contributed by atoms with Crippen molar-refractivity contribution in [3.05, 3.63) is 23.2 Å². The minimum absolute atomic E-state index is 0.505. The summed E-state index contributed by atoms with van der Waals surface area (Å²) in [4.78, 5) is 10.3. The fourth-order valence-electron chi connectivity index (χ4n) is 1.04. The summed E-state index contributed by atoms with van der Waals surface area (Å²) in [6.07, 6.45) is 1.50. The Bertz CT molecular complexity index is 315. The van der Waals surface area contributed by atoms with Crippen LogP contribution >= 0.6 is 11.6 Å². The Morgan fingerprint density at radius 1 is 1.57 bits per heavy atom. The van der Waals surface area contributed by atoms with Crippen molar-refractivity contribution in [3.8, 4) is 5.75 Å². The number of para-hydroxylation sites is 1. The third-order valence-electron chi connectivity index (χ3n) is 1.63. The van der Waals surface area contributed by atoms with E-state index in [-0.39, 0.29) is 0 Å². The second-order valence-electron chi connectivity index (χ2n) is 2.73. The van der Waals surface area contributed by atoms with Gasteiger partial charge in [-0.15, -0.1) is 0 Å². The third-order valence-corrected chi connectivity index (χ3v) is 1.93. The van der Waals surface area contributed by atoms with Crippen LogP contribution in [0.4, 0.5) is 5.69 Å². The number of hydrogen-bond donors (Lipinski definition) is 1. The molecule has 0 radical (unpaired) electrons. The Morgan fingerprint density at radius 2 is 2.36 bits per heavy atom. The summed E-state index contributed by atoms with van der Waals surface area (Å²) < 4.78 is 5.42. The number of benzene rings is 1. The van der Waals surface area contributed by atoms with Crippen LogP contribution in [-0.4, -0.2) is 13.0 Å². The van der Waals surface area contributed by atoms with Crippen LogP contribution in [0.2, 0.25) is 5.02 Å². The minimum Gasteiger partial charge on any atom is -0.490 e. The number of anilines is 1. The number of rotatable bonds is 5.